The maximum absolute atomic E-state index is 12.2. The van der Waals surface area contributed by atoms with Crippen molar-refractivity contribution in [3.8, 4) is 0 Å². The lowest BCUT2D eigenvalue weighted by Gasteiger charge is -2.27. The predicted octanol–water partition coefficient (Wildman–Crippen LogP) is 1.39. The summed E-state index contributed by atoms with van der Waals surface area (Å²) in [6.07, 6.45) is 3.15. The average Bonchev–Trinajstić information content (AvgIpc) is 3.00. The molecule has 5 heteroatoms. The van der Waals surface area contributed by atoms with Crippen LogP contribution >= 0.6 is 0 Å². The minimum absolute atomic E-state index is 0.0399. The number of carboxylic acids is 1. The summed E-state index contributed by atoms with van der Waals surface area (Å²) in [5.74, 6) is -0.266. The summed E-state index contributed by atoms with van der Waals surface area (Å²) < 4.78 is 0. The van der Waals surface area contributed by atoms with Crippen molar-refractivity contribution in [3.63, 3.8) is 0 Å². The Bertz CT molecular complexity index is 315. The molecule has 2 rings (SSSR count). The van der Waals surface area contributed by atoms with Crippen molar-refractivity contribution < 1.29 is 14.7 Å². The molecule has 5 nitrogen and oxygen atoms in total. The fourth-order valence-electron chi connectivity index (χ4n) is 2.33. The van der Waals surface area contributed by atoms with Gasteiger partial charge in [-0.05, 0) is 25.2 Å². The summed E-state index contributed by atoms with van der Waals surface area (Å²) in [6.45, 7) is 4.13. The molecule has 0 bridgehead atoms. The molecular weight excluding hydrogens is 220 g/mol. The van der Waals surface area contributed by atoms with Crippen molar-refractivity contribution in [2.75, 3.05) is 19.6 Å². The van der Waals surface area contributed by atoms with Crippen LogP contribution in [0.1, 0.15) is 32.6 Å². The molecule has 1 aliphatic carbocycles. The Kier molecular flexibility index (Phi) is 3.54. The molecule has 1 atom stereocenters. The predicted molar refractivity (Wildman–Crippen MR) is 62.7 cm³/mol. The van der Waals surface area contributed by atoms with E-state index in [2.05, 4.69) is 6.92 Å². The van der Waals surface area contributed by atoms with Gasteiger partial charge in [0, 0.05) is 25.7 Å². The minimum atomic E-state index is -0.835. The van der Waals surface area contributed by atoms with Gasteiger partial charge in [0.1, 0.15) is 0 Å². The van der Waals surface area contributed by atoms with Gasteiger partial charge in [0.25, 0.3) is 0 Å². The van der Waals surface area contributed by atoms with E-state index in [1.165, 1.54) is 0 Å². The second-order valence-electron chi connectivity index (χ2n) is 5.19. The quantitative estimate of drug-likeness (QED) is 0.807. The van der Waals surface area contributed by atoms with E-state index in [4.69, 9.17) is 5.11 Å². The van der Waals surface area contributed by atoms with Crippen LogP contribution in [0.4, 0.5) is 4.79 Å². The first kappa shape index (κ1) is 12.2. The lowest BCUT2D eigenvalue weighted by atomic mass is 10.2. The van der Waals surface area contributed by atoms with Crippen LogP contribution in [0.3, 0.4) is 0 Å². The van der Waals surface area contributed by atoms with Gasteiger partial charge in [-0.1, -0.05) is 6.92 Å². The third-order valence-corrected chi connectivity index (χ3v) is 3.49. The van der Waals surface area contributed by atoms with Crippen LogP contribution in [-0.4, -0.2) is 52.6 Å². The molecule has 1 saturated heterocycles. The van der Waals surface area contributed by atoms with E-state index in [9.17, 15) is 9.59 Å². The molecule has 0 spiro atoms. The largest absolute Gasteiger partial charge is 0.481 e. The third-order valence-electron chi connectivity index (χ3n) is 3.49. The van der Waals surface area contributed by atoms with E-state index in [0.717, 1.165) is 32.4 Å². The van der Waals surface area contributed by atoms with E-state index in [0.29, 0.717) is 12.5 Å². The number of amides is 2. The Hall–Kier alpha value is -1.26. The number of hydrogen-bond donors (Lipinski definition) is 1. The van der Waals surface area contributed by atoms with Crippen LogP contribution in [0.25, 0.3) is 0 Å². The highest BCUT2D eigenvalue weighted by atomic mass is 16.4. The molecule has 0 aromatic heterocycles. The fourth-order valence-corrected chi connectivity index (χ4v) is 2.33. The molecule has 2 amide bonds. The number of carbonyl (C=O) groups excluding carboxylic acids is 1. The molecule has 0 radical (unpaired) electrons. The van der Waals surface area contributed by atoms with Crippen LogP contribution in [0.15, 0.2) is 0 Å². The Labute approximate surface area is 101 Å². The van der Waals surface area contributed by atoms with Crippen LogP contribution in [-0.2, 0) is 4.79 Å². The van der Waals surface area contributed by atoms with E-state index < -0.39 is 5.97 Å². The first-order valence-corrected chi connectivity index (χ1v) is 6.35. The monoisotopic (exact) mass is 240 g/mol. The normalized spacial score (nSPS) is 23.8. The van der Waals surface area contributed by atoms with Crippen LogP contribution < -0.4 is 0 Å². The second kappa shape index (κ2) is 4.94. The van der Waals surface area contributed by atoms with Gasteiger partial charge < -0.3 is 14.9 Å². The molecule has 1 heterocycles. The Morgan fingerprint density at radius 2 is 2.06 bits per heavy atom. The Morgan fingerprint density at radius 1 is 1.35 bits per heavy atom. The van der Waals surface area contributed by atoms with E-state index in [1.807, 2.05) is 4.90 Å². The second-order valence-corrected chi connectivity index (χ2v) is 5.19. The first-order valence-electron chi connectivity index (χ1n) is 6.35. The van der Waals surface area contributed by atoms with Gasteiger partial charge in [0.15, 0.2) is 0 Å². The van der Waals surface area contributed by atoms with Crippen molar-refractivity contribution in [1.82, 2.24) is 9.80 Å². The van der Waals surface area contributed by atoms with E-state index in [-0.39, 0.29) is 18.5 Å². The summed E-state index contributed by atoms with van der Waals surface area (Å²) in [5.41, 5.74) is 0. The highest BCUT2D eigenvalue weighted by Gasteiger charge is 2.36. The van der Waals surface area contributed by atoms with Gasteiger partial charge in [0.05, 0.1) is 6.42 Å². The number of likely N-dealkylation sites (tertiary alicyclic amines) is 1. The van der Waals surface area contributed by atoms with Gasteiger partial charge in [-0.25, -0.2) is 4.79 Å². The number of carboxylic acid groups (broad SMARTS) is 1. The lowest BCUT2D eigenvalue weighted by Crippen LogP contribution is -2.44. The van der Waals surface area contributed by atoms with Crippen molar-refractivity contribution in [2.24, 2.45) is 5.92 Å². The number of carbonyl (C=O) groups is 2. The van der Waals surface area contributed by atoms with E-state index >= 15 is 0 Å². The summed E-state index contributed by atoms with van der Waals surface area (Å²) >= 11 is 0. The molecule has 2 fully saturated rings. The fraction of sp³-hybridized carbons (Fsp3) is 0.833. The SMILES string of the molecule is CC1CCN(C(=O)N(CCC(=O)O)C2CC2)C1. The maximum Gasteiger partial charge on any atom is 0.320 e. The van der Waals surface area contributed by atoms with Crippen molar-refractivity contribution >= 4 is 12.0 Å². The Balaban J connectivity index is 1.90. The number of rotatable bonds is 4. The zero-order valence-electron chi connectivity index (χ0n) is 10.3. The summed E-state index contributed by atoms with van der Waals surface area (Å²) in [5, 5.41) is 8.70. The highest BCUT2D eigenvalue weighted by molar-refractivity contribution is 5.76. The summed E-state index contributed by atoms with van der Waals surface area (Å²) in [6, 6.07) is 0.329. The number of hydrogen-bond acceptors (Lipinski definition) is 2. The smallest absolute Gasteiger partial charge is 0.320 e. The van der Waals surface area contributed by atoms with Crippen molar-refractivity contribution in [2.45, 2.75) is 38.6 Å². The first-order chi connectivity index (χ1) is 8.08. The van der Waals surface area contributed by atoms with Crippen molar-refractivity contribution in [1.29, 1.82) is 0 Å². The van der Waals surface area contributed by atoms with E-state index in [1.54, 1.807) is 4.90 Å². The van der Waals surface area contributed by atoms with Gasteiger partial charge >= 0.3 is 12.0 Å². The molecule has 0 aromatic rings. The molecule has 0 aromatic carbocycles. The molecule has 1 unspecified atom stereocenters. The zero-order valence-corrected chi connectivity index (χ0v) is 10.3. The molecular formula is C12H20N2O3. The van der Waals surface area contributed by atoms with Crippen LogP contribution in [0, 0.1) is 5.92 Å². The molecule has 1 N–H and O–H groups in total. The number of aliphatic carboxylic acids is 1. The zero-order chi connectivity index (χ0) is 12.4. The van der Waals surface area contributed by atoms with Crippen LogP contribution in [0.2, 0.25) is 0 Å². The van der Waals surface area contributed by atoms with Gasteiger partial charge in [-0.2, -0.15) is 0 Å². The summed E-state index contributed by atoms with van der Waals surface area (Å²) in [4.78, 5) is 26.5. The van der Waals surface area contributed by atoms with Crippen molar-refractivity contribution in [3.05, 3.63) is 0 Å². The van der Waals surface area contributed by atoms with Gasteiger partial charge in [0.2, 0.25) is 0 Å². The molecule has 1 saturated carbocycles. The maximum atomic E-state index is 12.2. The number of urea groups is 1. The standard InChI is InChI=1S/C12H20N2O3/c1-9-4-6-13(8-9)12(17)14(10-2-3-10)7-5-11(15)16/h9-10H,2-8H2,1H3,(H,15,16). The summed E-state index contributed by atoms with van der Waals surface area (Å²) in [7, 11) is 0. The molecule has 96 valence electrons. The lowest BCUT2D eigenvalue weighted by molar-refractivity contribution is -0.137. The molecule has 2 aliphatic rings. The van der Waals surface area contributed by atoms with Crippen LogP contribution in [0.5, 0.6) is 0 Å². The Morgan fingerprint density at radius 3 is 2.53 bits per heavy atom. The topological polar surface area (TPSA) is 60.9 Å². The number of nitrogens with zero attached hydrogens (tertiary/aromatic N) is 2. The third kappa shape index (κ3) is 3.11. The average molecular weight is 240 g/mol. The van der Waals surface area contributed by atoms with Gasteiger partial charge in [-0.3, -0.25) is 4.79 Å². The molecule has 17 heavy (non-hydrogen) atoms. The highest BCUT2D eigenvalue weighted by Crippen LogP contribution is 2.29. The minimum Gasteiger partial charge on any atom is -0.481 e. The van der Waals surface area contributed by atoms with Gasteiger partial charge in [-0.15, -0.1) is 0 Å². The molecule has 1 aliphatic heterocycles.